The molecule has 0 bridgehead atoms. The molecule has 4 aromatic rings. The summed E-state index contributed by atoms with van der Waals surface area (Å²) in [5, 5.41) is 3.24. The highest BCUT2D eigenvalue weighted by atomic mass is 32.2. The van der Waals surface area contributed by atoms with E-state index in [0.717, 1.165) is 47.5 Å². The highest BCUT2D eigenvalue weighted by molar-refractivity contribution is 7.92. The summed E-state index contributed by atoms with van der Waals surface area (Å²) in [5.74, 6) is 0.359. The Morgan fingerprint density at radius 1 is 0.804 bits per heavy atom. The second-order valence-corrected chi connectivity index (χ2v) is 14.4. The molecule has 11 heteroatoms. The minimum absolute atomic E-state index is 0.0176. The van der Waals surface area contributed by atoms with Crippen molar-refractivity contribution >= 4 is 27.5 Å². The molecule has 1 fully saturated rings. The molecule has 0 unspecified atom stereocenters. The van der Waals surface area contributed by atoms with E-state index in [1.807, 2.05) is 67.6 Å². The Labute approximate surface area is 301 Å². The van der Waals surface area contributed by atoms with Gasteiger partial charge in [0.05, 0.1) is 31.4 Å². The van der Waals surface area contributed by atoms with E-state index in [4.69, 9.17) is 14.2 Å². The third-order valence-corrected chi connectivity index (χ3v) is 10.8. The quantitative estimate of drug-likeness (QED) is 0.143. The first-order valence-electron chi connectivity index (χ1n) is 17.4. The highest BCUT2D eigenvalue weighted by Gasteiger charge is 2.35. The summed E-state index contributed by atoms with van der Waals surface area (Å²) in [6.45, 7) is 1.83. The number of anilines is 1. The van der Waals surface area contributed by atoms with Gasteiger partial charge in [0.2, 0.25) is 11.8 Å². The number of amides is 2. The standard InChI is InChI=1S/C40H47N3O7S/c1-4-50-34-22-20-33(21-23-34)43(51(46,47)35-24-25-37(48-2)38(27-35)49-3)29-39(44)42(28-31-16-10-6-11-17-31)36(26-30-14-8-5-9-15-30)40(45)41-32-18-12-7-13-19-32/h5-6,8-11,14-17,20-25,27,32,36H,4,7,12-13,18-19,26,28-29H2,1-3H3,(H,41,45)/t36-/m1/s1. The Bertz CT molecular complexity index is 1830. The van der Waals surface area contributed by atoms with Gasteiger partial charge < -0.3 is 24.4 Å². The molecule has 0 radical (unpaired) electrons. The first kappa shape index (κ1) is 37.2. The minimum atomic E-state index is -4.36. The first-order valence-corrected chi connectivity index (χ1v) is 18.8. The molecule has 51 heavy (non-hydrogen) atoms. The van der Waals surface area contributed by atoms with Crippen LogP contribution in [0.2, 0.25) is 0 Å². The smallest absolute Gasteiger partial charge is 0.264 e. The van der Waals surface area contributed by atoms with Crippen molar-refractivity contribution in [3.8, 4) is 17.2 Å². The lowest BCUT2D eigenvalue weighted by atomic mass is 9.94. The second-order valence-electron chi connectivity index (χ2n) is 12.5. The van der Waals surface area contributed by atoms with Crippen LogP contribution in [0.4, 0.5) is 5.69 Å². The van der Waals surface area contributed by atoms with Gasteiger partial charge in [0.25, 0.3) is 10.0 Å². The number of hydrogen-bond donors (Lipinski definition) is 1. The number of rotatable bonds is 16. The summed E-state index contributed by atoms with van der Waals surface area (Å²) in [7, 11) is -1.46. The summed E-state index contributed by atoms with van der Waals surface area (Å²) < 4.78 is 46.5. The van der Waals surface area contributed by atoms with Crippen molar-refractivity contribution in [2.75, 3.05) is 31.7 Å². The van der Waals surface area contributed by atoms with Gasteiger partial charge >= 0.3 is 0 Å². The second kappa shape index (κ2) is 17.8. The number of hydrogen-bond acceptors (Lipinski definition) is 7. The zero-order chi connectivity index (χ0) is 36.2. The molecule has 5 rings (SSSR count). The fourth-order valence-corrected chi connectivity index (χ4v) is 7.82. The average Bonchev–Trinajstić information content (AvgIpc) is 3.16. The Balaban J connectivity index is 1.57. The van der Waals surface area contributed by atoms with Gasteiger partial charge in [0.1, 0.15) is 18.3 Å². The third kappa shape index (κ3) is 9.61. The molecule has 10 nitrogen and oxygen atoms in total. The number of sulfonamides is 1. The lowest BCUT2D eigenvalue weighted by molar-refractivity contribution is -0.140. The van der Waals surface area contributed by atoms with Gasteiger partial charge in [-0.1, -0.05) is 79.9 Å². The number of ether oxygens (including phenoxy) is 3. The monoisotopic (exact) mass is 713 g/mol. The summed E-state index contributed by atoms with van der Waals surface area (Å²) in [5.41, 5.74) is 1.95. The Kier molecular flexibility index (Phi) is 13.0. The molecule has 1 atom stereocenters. The van der Waals surface area contributed by atoms with Crippen LogP contribution in [0, 0.1) is 0 Å². The summed E-state index contributed by atoms with van der Waals surface area (Å²) in [6.07, 6.45) is 5.22. The maximum absolute atomic E-state index is 14.8. The van der Waals surface area contributed by atoms with E-state index in [1.165, 1.54) is 37.3 Å². The lowest BCUT2D eigenvalue weighted by Gasteiger charge is -2.35. The molecular formula is C40H47N3O7S. The van der Waals surface area contributed by atoms with Crippen LogP contribution in [0.25, 0.3) is 0 Å². The van der Waals surface area contributed by atoms with Crippen molar-refractivity contribution in [2.24, 2.45) is 0 Å². The van der Waals surface area contributed by atoms with Crippen LogP contribution in [0.1, 0.15) is 50.2 Å². The Morgan fingerprint density at radius 3 is 2.04 bits per heavy atom. The van der Waals surface area contributed by atoms with Gasteiger partial charge in [-0.05, 0) is 67.3 Å². The molecule has 0 heterocycles. The highest BCUT2D eigenvalue weighted by Crippen LogP contribution is 2.33. The maximum Gasteiger partial charge on any atom is 0.264 e. The fourth-order valence-electron chi connectivity index (χ4n) is 6.39. The lowest BCUT2D eigenvalue weighted by Crippen LogP contribution is -2.55. The molecule has 270 valence electrons. The van der Waals surface area contributed by atoms with Crippen molar-refractivity contribution < 1.29 is 32.2 Å². The van der Waals surface area contributed by atoms with Crippen molar-refractivity contribution in [3.63, 3.8) is 0 Å². The van der Waals surface area contributed by atoms with Crippen LogP contribution in [-0.2, 0) is 32.6 Å². The van der Waals surface area contributed by atoms with E-state index in [9.17, 15) is 18.0 Å². The molecular weight excluding hydrogens is 667 g/mol. The maximum atomic E-state index is 14.8. The molecule has 0 aromatic heterocycles. The molecule has 1 aliphatic rings. The van der Waals surface area contributed by atoms with Gasteiger partial charge in [-0.3, -0.25) is 13.9 Å². The van der Waals surface area contributed by atoms with E-state index in [0.29, 0.717) is 18.1 Å². The zero-order valence-electron chi connectivity index (χ0n) is 29.5. The van der Waals surface area contributed by atoms with E-state index in [1.54, 1.807) is 24.3 Å². The van der Waals surface area contributed by atoms with Crippen molar-refractivity contribution in [3.05, 3.63) is 114 Å². The van der Waals surface area contributed by atoms with E-state index < -0.39 is 28.5 Å². The normalized spacial score (nSPS) is 13.9. The molecule has 2 amide bonds. The van der Waals surface area contributed by atoms with Gasteiger partial charge in [-0.25, -0.2) is 8.42 Å². The summed E-state index contributed by atoms with van der Waals surface area (Å²) in [6, 6.07) is 28.9. The van der Waals surface area contributed by atoms with E-state index in [2.05, 4.69) is 5.32 Å². The van der Waals surface area contributed by atoms with E-state index >= 15 is 0 Å². The number of benzene rings is 4. The van der Waals surface area contributed by atoms with Crippen molar-refractivity contribution in [1.82, 2.24) is 10.2 Å². The van der Waals surface area contributed by atoms with Crippen molar-refractivity contribution in [1.29, 1.82) is 0 Å². The number of nitrogens with one attached hydrogen (secondary N) is 1. The minimum Gasteiger partial charge on any atom is -0.494 e. The molecule has 1 N–H and O–H groups in total. The Morgan fingerprint density at radius 2 is 1.43 bits per heavy atom. The molecule has 4 aromatic carbocycles. The van der Waals surface area contributed by atoms with Crippen LogP contribution in [0.15, 0.2) is 108 Å². The number of carbonyl (C=O) groups excluding carboxylic acids is 2. The largest absolute Gasteiger partial charge is 0.494 e. The third-order valence-electron chi connectivity index (χ3n) is 9.08. The van der Waals surface area contributed by atoms with E-state index in [-0.39, 0.29) is 41.2 Å². The first-order chi connectivity index (χ1) is 24.7. The zero-order valence-corrected chi connectivity index (χ0v) is 30.3. The van der Waals surface area contributed by atoms with Crippen molar-refractivity contribution in [2.45, 2.75) is 69.0 Å². The molecule has 0 saturated heterocycles. The molecule has 0 spiro atoms. The van der Waals surface area contributed by atoms with Gasteiger partial charge in [0, 0.05) is 25.1 Å². The average molecular weight is 714 g/mol. The van der Waals surface area contributed by atoms with Gasteiger partial charge in [-0.2, -0.15) is 0 Å². The molecule has 0 aliphatic heterocycles. The van der Waals surface area contributed by atoms with Gasteiger partial charge in [-0.15, -0.1) is 0 Å². The number of methoxy groups -OCH3 is 2. The van der Waals surface area contributed by atoms with Crippen LogP contribution < -0.4 is 23.8 Å². The van der Waals surface area contributed by atoms with Gasteiger partial charge in [0.15, 0.2) is 11.5 Å². The SMILES string of the molecule is CCOc1ccc(N(CC(=O)N(Cc2ccccc2)[C@H](Cc2ccccc2)C(=O)NC2CCCCC2)S(=O)(=O)c2ccc(OC)c(OC)c2)cc1. The number of nitrogens with zero attached hydrogens (tertiary/aromatic N) is 2. The molecule has 1 saturated carbocycles. The summed E-state index contributed by atoms with van der Waals surface area (Å²) >= 11 is 0. The predicted octanol–water partition coefficient (Wildman–Crippen LogP) is 6.39. The fraction of sp³-hybridized carbons (Fsp3) is 0.350. The number of carbonyl (C=O) groups is 2. The topological polar surface area (TPSA) is 114 Å². The van der Waals surface area contributed by atoms with Crippen LogP contribution in [-0.4, -0.2) is 64.6 Å². The van der Waals surface area contributed by atoms with Crippen LogP contribution >= 0.6 is 0 Å². The predicted molar refractivity (Wildman–Crippen MR) is 198 cm³/mol. The van der Waals surface area contributed by atoms with Crippen LogP contribution in [0.5, 0.6) is 17.2 Å². The van der Waals surface area contributed by atoms with Crippen LogP contribution in [0.3, 0.4) is 0 Å². The Hall–Kier alpha value is -5.03. The summed E-state index contributed by atoms with van der Waals surface area (Å²) in [4.78, 5) is 30.5. The molecule has 1 aliphatic carbocycles.